The molecule has 0 bridgehead atoms. The fourth-order valence-electron chi connectivity index (χ4n) is 2.36. The number of hydrogen-bond donors (Lipinski definition) is 1. The summed E-state index contributed by atoms with van der Waals surface area (Å²) in [5.74, 6) is 1.84. The van der Waals surface area contributed by atoms with Crippen LogP contribution in [-0.4, -0.2) is 27.8 Å². The average molecular weight is 286 g/mol. The highest BCUT2D eigenvalue weighted by Gasteiger charge is 2.28. The van der Waals surface area contributed by atoms with Gasteiger partial charge in [-0.1, -0.05) is 11.2 Å². The van der Waals surface area contributed by atoms with Crippen molar-refractivity contribution in [3.05, 3.63) is 58.6 Å². The van der Waals surface area contributed by atoms with Crippen molar-refractivity contribution in [3.63, 3.8) is 0 Å². The minimum Gasteiger partial charge on any atom is -0.339 e. The Morgan fingerprint density at radius 3 is 2.80 bits per heavy atom. The minimum atomic E-state index is -0.00413. The van der Waals surface area contributed by atoms with E-state index in [4.69, 9.17) is 4.52 Å². The van der Waals surface area contributed by atoms with Crippen molar-refractivity contribution in [2.75, 3.05) is 13.1 Å². The van der Waals surface area contributed by atoms with E-state index in [0.717, 1.165) is 24.8 Å². The maximum Gasteiger partial charge on any atom is 0.232 e. The van der Waals surface area contributed by atoms with Crippen LogP contribution in [0.2, 0.25) is 0 Å². The first-order valence-corrected chi connectivity index (χ1v) is 7.50. The highest BCUT2D eigenvalue weighted by Crippen LogP contribution is 2.29. The molecule has 0 aliphatic carbocycles. The van der Waals surface area contributed by atoms with Gasteiger partial charge in [-0.15, -0.1) is 11.3 Å². The van der Waals surface area contributed by atoms with E-state index >= 15 is 0 Å². The Labute approximate surface area is 120 Å². The van der Waals surface area contributed by atoms with Crippen molar-refractivity contribution in [2.45, 2.75) is 12.0 Å². The first-order valence-electron chi connectivity index (χ1n) is 6.62. The lowest BCUT2D eigenvalue weighted by molar-refractivity contribution is 0.305. The second-order valence-electron chi connectivity index (χ2n) is 4.89. The van der Waals surface area contributed by atoms with Gasteiger partial charge in [0.05, 0.1) is 5.92 Å². The van der Waals surface area contributed by atoms with Gasteiger partial charge < -0.3 is 14.4 Å². The standard InChI is InChI=1S/C14H14N4OS/c1-2-6-18(5-1)12(11-4-3-7-20-11)13-16-14(19-17-13)10-8-15-9-10/h1-7,10,12,15H,8-9H2/t12-/m1/s1. The molecule has 1 aliphatic rings. The smallest absolute Gasteiger partial charge is 0.232 e. The zero-order chi connectivity index (χ0) is 13.4. The molecule has 20 heavy (non-hydrogen) atoms. The molecule has 0 saturated carbocycles. The quantitative estimate of drug-likeness (QED) is 0.799. The fourth-order valence-corrected chi connectivity index (χ4v) is 3.19. The molecule has 1 aliphatic heterocycles. The number of nitrogens with one attached hydrogen (secondary N) is 1. The summed E-state index contributed by atoms with van der Waals surface area (Å²) in [6.07, 6.45) is 4.07. The van der Waals surface area contributed by atoms with E-state index in [2.05, 4.69) is 31.5 Å². The summed E-state index contributed by atoms with van der Waals surface area (Å²) < 4.78 is 7.55. The molecule has 4 heterocycles. The number of rotatable bonds is 4. The number of thiophene rings is 1. The maximum atomic E-state index is 5.44. The molecule has 0 unspecified atom stereocenters. The van der Waals surface area contributed by atoms with E-state index in [1.807, 2.05) is 30.6 Å². The van der Waals surface area contributed by atoms with Crippen molar-refractivity contribution >= 4 is 11.3 Å². The summed E-state index contributed by atoms with van der Waals surface area (Å²) in [5, 5.41) is 9.50. The number of aromatic nitrogens is 3. The van der Waals surface area contributed by atoms with Crippen molar-refractivity contribution in [1.29, 1.82) is 0 Å². The van der Waals surface area contributed by atoms with Crippen LogP contribution in [0.1, 0.15) is 28.6 Å². The van der Waals surface area contributed by atoms with Crippen LogP contribution in [-0.2, 0) is 0 Å². The average Bonchev–Trinajstić information content (AvgIpc) is 3.10. The predicted octanol–water partition coefficient (Wildman–Crippen LogP) is 2.26. The van der Waals surface area contributed by atoms with Crippen molar-refractivity contribution < 1.29 is 4.52 Å². The molecule has 6 heteroatoms. The molecule has 3 aromatic heterocycles. The summed E-state index contributed by atoms with van der Waals surface area (Å²) in [6.45, 7) is 1.85. The lowest BCUT2D eigenvalue weighted by Crippen LogP contribution is -2.40. The zero-order valence-electron chi connectivity index (χ0n) is 10.8. The lowest BCUT2D eigenvalue weighted by atomic mass is 10.0. The third kappa shape index (κ3) is 1.97. The summed E-state index contributed by atoms with van der Waals surface area (Å²) >= 11 is 1.71. The van der Waals surface area contributed by atoms with Gasteiger partial charge in [-0.25, -0.2) is 0 Å². The Hall–Kier alpha value is -1.92. The normalized spacial score (nSPS) is 17.0. The first kappa shape index (κ1) is 11.9. The molecule has 102 valence electrons. The highest BCUT2D eigenvalue weighted by molar-refractivity contribution is 7.10. The number of hydrogen-bond acceptors (Lipinski definition) is 5. The SMILES string of the molecule is c1csc([C@H](c2noc(C3CNC3)n2)n2cccc2)c1. The molecular formula is C14H14N4OS. The summed E-state index contributed by atoms with van der Waals surface area (Å²) in [6, 6.07) is 8.17. The Kier molecular flexibility index (Phi) is 2.90. The molecule has 1 N–H and O–H groups in total. The van der Waals surface area contributed by atoms with Gasteiger partial charge >= 0.3 is 0 Å². The Balaban J connectivity index is 1.72. The van der Waals surface area contributed by atoms with Gasteiger partial charge in [0, 0.05) is 30.4 Å². The second kappa shape index (κ2) is 4.88. The van der Waals surface area contributed by atoms with Gasteiger partial charge in [0.2, 0.25) is 5.89 Å². The highest BCUT2D eigenvalue weighted by atomic mass is 32.1. The minimum absolute atomic E-state index is 0.00413. The van der Waals surface area contributed by atoms with Gasteiger partial charge in [0.1, 0.15) is 6.04 Å². The van der Waals surface area contributed by atoms with Crippen LogP contribution in [0.15, 0.2) is 46.6 Å². The Morgan fingerprint density at radius 1 is 1.30 bits per heavy atom. The molecule has 5 nitrogen and oxygen atoms in total. The van der Waals surface area contributed by atoms with E-state index < -0.39 is 0 Å². The van der Waals surface area contributed by atoms with E-state index in [1.54, 1.807) is 11.3 Å². The molecule has 1 fully saturated rings. The lowest BCUT2D eigenvalue weighted by Gasteiger charge is -2.22. The molecule has 0 amide bonds. The van der Waals surface area contributed by atoms with Crippen molar-refractivity contribution in [2.24, 2.45) is 0 Å². The van der Waals surface area contributed by atoms with Crippen LogP contribution in [0.5, 0.6) is 0 Å². The Bertz CT molecular complexity index is 636. The topological polar surface area (TPSA) is 55.9 Å². The van der Waals surface area contributed by atoms with Gasteiger partial charge in [-0.05, 0) is 23.6 Å². The van der Waals surface area contributed by atoms with E-state index in [-0.39, 0.29) is 6.04 Å². The third-order valence-electron chi connectivity index (χ3n) is 3.57. The summed E-state index contributed by atoms with van der Waals surface area (Å²) in [4.78, 5) is 5.82. The van der Waals surface area contributed by atoms with Crippen LogP contribution >= 0.6 is 11.3 Å². The second-order valence-corrected chi connectivity index (χ2v) is 5.87. The molecular weight excluding hydrogens is 272 g/mol. The first-order chi connectivity index (χ1) is 9.92. The third-order valence-corrected chi connectivity index (χ3v) is 4.50. The molecule has 0 spiro atoms. The van der Waals surface area contributed by atoms with E-state index in [0.29, 0.717) is 5.92 Å². The predicted molar refractivity (Wildman–Crippen MR) is 75.9 cm³/mol. The molecule has 3 aromatic rings. The van der Waals surface area contributed by atoms with Gasteiger partial charge in [0.15, 0.2) is 5.82 Å². The van der Waals surface area contributed by atoms with Crippen LogP contribution in [0, 0.1) is 0 Å². The van der Waals surface area contributed by atoms with E-state index in [1.165, 1.54) is 4.88 Å². The van der Waals surface area contributed by atoms with Crippen LogP contribution in [0.3, 0.4) is 0 Å². The molecule has 1 saturated heterocycles. The Morgan fingerprint density at radius 2 is 2.15 bits per heavy atom. The van der Waals surface area contributed by atoms with Crippen LogP contribution in [0.25, 0.3) is 0 Å². The van der Waals surface area contributed by atoms with Gasteiger partial charge in [0.25, 0.3) is 0 Å². The fraction of sp³-hybridized carbons (Fsp3) is 0.286. The molecule has 0 aromatic carbocycles. The summed E-state index contributed by atoms with van der Waals surface area (Å²) in [7, 11) is 0. The van der Waals surface area contributed by atoms with Crippen LogP contribution in [0.4, 0.5) is 0 Å². The zero-order valence-corrected chi connectivity index (χ0v) is 11.6. The van der Waals surface area contributed by atoms with Crippen molar-refractivity contribution in [3.8, 4) is 0 Å². The van der Waals surface area contributed by atoms with Gasteiger partial charge in [-0.3, -0.25) is 0 Å². The van der Waals surface area contributed by atoms with Crippen LogP contribution < -0.4 is 5.32 Å². The van der Waals surface area contributed by atoms with Crippen molar-refractivity contribution in [1.82, 2.24) is 20.0 Å². The summed E-state index contributed by atoms with van der Waals surface area (Å²) in [5.41, 5.74) is 0. The molecule has 4 rings (SSSR count). The molecule has 1 atom stereocenters. The largest absolute Gasteiger partial charge is 0.339 e. The number of nitrogens with zero attached hydrogens (tertiary/aromatic N) is 3. The maximum absolute atomic E-state index is 5.44. The monoisotopic (exact) mass is 286 g/mol. The van der Waals surface area contributed by atoms with Gasteiger partial charge in [-0.2, -0.15) is 4.98 Å². The van der Waals surface area contributed by atoms with E-state index in [9.17, 15) is 0 Å². The molecule has 0 radical (unpaired) electrons.